The first-order valence-electron chi connectivity index (χ1n) is 5.64. The zero-order valence-electron chi connectivity index (χ0n) is 9.83. The number of carboxylic acid groups (broad SMARTS) is 1. The van der Waals surface area contributed by atoms with Crippen molar-refractivity contribution in [1.29, 1.82) is 0 Å². The molecule has 2 rings (SSSR count). The standard InChI is InChI=1S/C14H14O3S/c15-14(16)8-11-4-1-2-5-12(11)9-18-10-13-6-3-7-17-13/h1-7H,8-10H2,(H,15,16). The zero-order valence-corrected chi connectivity index (χ0v) is 10.7. The van der Waals surface area contributed by atoms with Crippen LogP contribution in [-0.4, -0.2) is 11.1 Å². The van der Waals surface area contributed by atoms with Crippen LogP contribution in [0, 0.1) is 0 Å². The van der Waals surface area contributed by atoms with Gasteiger partial charge in [0.1, 0.15) is 5.76 Å². The minimum atomic E-state index is -0.793. The highest BCUT2D eigenvalue weighted by Crippen LogP contribution is 2.21. The summed E-state index contributed by atoms with van der Waals surface area (Å²) >= 11 is 1.72. The summed E-state index contributed by atoms with van der Waals surface area (Å²) in [4.78, 5) is 10.8. The van der Waals surface area contributed by atoms with Gasteiger partial charge in [0.05, 0.1) is 18.4 Å². The summed E-state index contributed by atoms with van der Waals surface area (Å²) in [6.45, 7) is 0. The van der Waals surface area contributed by atoms with Gasteiger partial charge in [-0.15, -0.1) is 11.8 Å². The normalized spacial score (nSPS) is 10.4. The first-order chi connectivity index (χ1) is 8.75. The molecule has 0 fully saturated rings. The van der Waals surface area contributed by atoms with Gasteiger partial charge < -0.3 is 9.52 Å². The van der Waals surface area contributed by atoms with Crippen molar-refractivity contribution in [2.24, 2.45) is 0 Å². The smallest absolute Gasteiger partial charge is 0.307 e. The molecule has 0 unspecified atom stereocenters. The molecule has 1 aromatic heterocycles. The molecule has 0 aliphatic heterocycles. The minimum Gasteiger partial charge on any atom is -0.481 e. The second-order valence-electron chi connectivity index (χ2n) is 3.91. The minimum absolute atomic E-state index is 0.0808. The van der Waals surface area contributed by atoms with Crippen molar-refractivity contribution in [3.63, 3.8) is 0 Å². The van der Waals surface area contributed by atoms with Gasteiger partial charge in [-0.25, -0.2) is 0 Å². The molecule has 0 saturated heterocycles. The van der Waals surface area contributed by atoms with E-state index in [2.05, 4.69) is 0 Å². The lowest BCUT2D eigenvalue weighted by Crippen LogP contribution is -2.02. The van der Waals surface area contributed by atoms with Crippen LogP contribution in [-0.2, 0) is 22.7 Å². The van der Waals surface area contributed by atoms with Gasteiger partial charge in [-0.1, -0.05) is 24.3 Å². The molecule has 3 nitrogen and oxygen atoms in total. The van der Waals surface area contributed by atoms with Crippen LogP contribution in [0.1, 0.15) is 16.9 Å². The number of carboxylic acids is 1. The molecule has 0 bridgehead atoms. The number of thioether (sulfide) groups is 1. The van der Waals surface area contributed by atoms with Gasteiger partial charge in [0.2, 0.25) is 0 Å². The Morgan fingerprint density at radius 3 is 2.56 bits per heavy atom. The van der Waals surface area contributed by atoms with E-state index in [1.54, 1.807) is 18.0 Å². The third-order valence-electron chi connectivity index (χ3n) is 2.54. The van der Waals surface area contributed by atoms with Crippen molar-refractivity contribution in [1.82, 2.24) is 0 Å². The van der Waals surface area contributed by atoms with Gasteiger partial charge in [-0.3, -0.25) is 4.79 Å². The van der Waals surface area contributed by atoms with Gasteiger partial charge in [0.15, 0.2) is 0 Å². The Labute approximate surface area is 110 Å². The van der Waals surface area contributed by atoms with E-state index in [9.17, 15) is 4.79 Å². The first kappa shape index (κ1) is 12.8. The number of aliphatic carboxylic acids is 1. The van der Waals surface area contributed by atoms with Crippen LogP contribution in [0.5, 0.6) is 0 Å². The Hall–Kier alpha value is -1.68. The van der Waals surface area contributed by atoms with E-state index in [0.717, 1.165) is 28.4 Å². The topological polar surface area (TPSA) is 50.4 Å². The highest BCUT2D eigenvalue weighted by molar-refractivity contribution is 7.97. The van der Waals surface area contributed by atoms with Gasteiger partial charge in [-0.05, 0) is 23.3 Å². The van der Waals surface area contributed by atoms with Crippen molar-refractivity contribution in [2.45, 2.75) is 17.9 Å². The fourth-order valence-electron chi connectivity index (χ4n) is 1.69. The molecule has 0 aliphatic rings. The molecular formula is C14H14O3S. The predicted molar refractivity (Wildman–Crippen MR) is 71.5 cm³/mol. The van der Waals surface area contributed by atoms with Crippen molar-refractivity contribution >= 4 is 17.7 Å². The second kappa shape index (κ2) is 6.31. The quantitative estimate of drug-likeness (QED) is 0.867. The summed E-state index contributed by atoms with van der Waals surface area (Å²) in [6.07, 6.45) is 1.74. The average Bonchev–Trinajstić information content (AvgIpc) is 2.84. The molecule has 2 aromatic rings. The number of furan rings is 1. The molecule has 0 spiro atoms. The average molecular weight is 262 g/mol. The lowest BCUT2D eigenvalue weighted by Gasteiger charge is -2.06. The monoisotopic (exact) mass is 262 g/mol. The molecule has 1 N–H and O–H groups in total. The first-order valence-corrected chi connectivity index (χ1v) is 6.80. The Kier molecular flexibility index (Phi) is 4.47. The lowest BCUT2D eigenvalue weighted by molar-refractivity contribution is -0.136. The fourth-order valence-corrected chi connectivity index (χ4v) is 2.66. The SMILES string of the molecule is O=C(O)Cc1ccccc1CSCc1ccco1. The molecular weight excluding hydrogens is 248 g/mol. The molecule has 0 amide bonds. The summed E-state index contributed by atoms with van der Waals surface area (Å²) in [6, 6.07) is 11.5. The maximum Gasteiger partial charge on any atom is 0.307 e. The van der Waals surface area contributed by atoms with E-state index in [4.69, 9.17) is 9.52 Å². The number of carbonyl (C=O) groups is 1. The molecule has 0 radical (unpaired) electrons. The highest BCUT2D eigenvalue weighted by atomic mass is 32.2. The second-order valence-corrected chi connectivity index (χ2v) is 4.90. The van der Waals surface area contributed by atoms with Crippen LogP contribution in [0.2, 0.25) is 0 Å². The van der Waals surface area contributed by atoms with Crippen LogP contribution in [0.3, 0.4) is 0 Å². The van der Waals surface area contributed by atoms with Crippen molar-refractivity contribution in [3.8, 4) is 0 Å². The van der Waals surface area contributed by atoms with Gasteiger partial charge in [0.25, 0.3) is 0 Å². The molecule has 0 saturated carbocycles. The van der Waals surface area contributed by atoms with Gasteiger partial charge in [0, 0.05) is 5.75 Å². The maximum atomic E-state index is 10.8. The van der Waals surface area contributed by atoms with Crippen molar-refractivity contribution in [3.05, 3.63) is 59.5 Å². The van der Waals surface area contributed by atoms with Crippen molar-refractivity contribution in [2.75, 3.05) is 0 Å². The van der Waals surface area contributed by atoms with Crippen LogP contribution < -0.4 is 0 Å². The molecule has 0 atom stereocenters. The fraction of sp³-hybridized carbons (Fsp3) is 0.214. The third-order valence-corrected chi connectivity index (χ3v) is 3.55. The Morgan fingerprint density at radius 2 is 1.89 bits per heavy atom. The molecule has 1 aromatic carbocycles. The van der Waals surface area contributed by atoms with E-state index in [1.807, 2.05) is 36.4 Å². The third kappa shape index (κ3) is 3.67. The summed E-state index contributed by atoms with van der Waals surface area (Å²) < 4.78 is 5.25. The largest absolute Gasteiger partial charge is 0.481 e. The molecule has 4 heteroatoms. The summed E-state index contributed by atoms with van der Waals surface area (Å²) in [5, 5.41) is 8.85. The molecule has 18 heavy (non-hydrogen) atoms. The number of hydrogen-bond donors (Lipinski definition) is 1. The number of hydrogen-bond acceptors (Lipinski definition) is 3. The zero-order chi connectivity index (χ0) is 12.8. The highest BCUT2D eigenvalue weighted by Gasteiger charge is 2.06. The summed E-state index contributed by atoms with van der Waals surface area (Å²) in [5.74, 6) is 1.74. The van der Waals surface area contributed by atoms with Gasteiger partial charge in [-0.2, -0.15) is 0 Å². The Morgan fingerprint density at radius 1 is 1.11 bits per heavy atom. The van der Waals surface area contributed by atoms with E-state index in [-0.39, 0.29) is 6.42 Å². The van der Waals surface area contributed by atoms with E-state index >= 15 is 0 Å². The van der Waals surface area contributed by atoms with Gasteiger partial charge >= 0.3 is 5.97 Å². The van der Waals surface area contributed by atoms with E-state index in [1.165, 1.54) is 0 Å². The molecule has 1 heterocycles. The summed E-state index contributed by atoms with van der Waals surface area (Å²) in [5.41, 5.74) is 1.97. The summed E-state index contributed by atoms with van der Waals surface area (Å²) in [7, 11) is 0. The van der Waals surface area contributed by atoms with Crippen LogP contribution in [0.15, 0.2) is 47.1 Å². The lowest BCUT2D eigenvalue weighted by atomic mass is 10.1. The van der Waals surface area contributed by atoms with E-state index < -0.39 is 5.97 Å². The van der Waals surface area contributed by atoms with Crippen molar-refractivity contribution < 1.29 is 14.3 Å². The van der Waals surface area contributed by atoms with E-state index in [0.29, 0.717) is 0 Å². The van der Waals surface area contributed by atoms with Crippen LogP contribution in [0.4, 0.5) is 0 Å². The van der Waals surface area contributed by atoms with Crippen LogP contribution >= 0.6 is 11.8 Å². The number of rotatable bonds is 6. The maximum absolute atomic E-state index is 10.8. The Balaban J connectivity index is 1.94. The predicted octanol–water partition coefficient (Wildman–Crippen LogP) is 3.34. The Bertz CT molecular complexity index is 506. The molecule has 0 aliphatic carbocycles. The van der Waals surface area contributed by atoms with Crippen LogP contribution in [0.25, 0.3) is 0 Å². The molecule has 94 valence electrons. The number of benzene rings is 1.